The molecule has 2 aromatic carbocycles. The van der Waals surface area contributed by atoms with Crippen LogP contribution in [0.4, 0.5) is 5.69 Å². The van der Waals surface area contributed by atoms with Gasteiger partial charge in [0, 0.05) is 25.2 Å². The number of nitrogens with zero attached hydrogens (tertiary/aromatic N) is 2. The predicted molar refractivity (Wildman–Crippen MR) is 103 cm³/mol. The number of sulfonamides is 1. The molecule has 0 radical (unpaired) electrons. The molecule has 3 rings (SSSR count). The van der Waals surface area contributed by atoms with Crippen LogP contribution < -0.4 is 4.31 Å². The first-order valence-corrected chi connectivity index (χ1v) is 10.3. The maximum Gasteiger partial charge on any atom is 0.264 e. The summed E-state index contributed by atoms with van der Waals surface area (Å²) in [4.78, 5) is 14.8. The molecule has 0 spiro atoms. The maximum absolute atomic E-state index is 12.9. The van der Waals surface area contributed by atoms with Gasteiger partial charge in [-0.25, -0.2) is 8.42 Å². The molecule has 5 nitrogen and oxygen atoms in total. The number of rotatable bonds is 4. The number of piperidine rings is 1. The van der Waals surface area contributed by atoms with E-state index in [0.717, 1.165) is 25.8 Å². The van der Waals surface area contributed by atoms with Gasteiger partial charge < -0.3 is 4.90 Å². The highest BCUT2D eigenvalue weighted by atomic mass is 32.2. The molecule has 1 aliphatic heterocycles. The van der Waals surface area contributed by atoms with Crippen molar-refractivity contribution in [3.63, 3.8) is 0 Å². The van der Waals surface area contributed by atoms with Gasteiger partial charge in [0.05, 0.1) is 10.6 Å². The number of carbonyl (C=O) groups is 1. The van der Waals surface area contributed by atoms with Crippen LogP contribution in [0.1, 0.15) is 36.5 Å². The molecule has 1 saturated heterocycles. The summed E-state index contributed by atoms with van der Waals surface area (Å²) in [7, 11) is -2.21. The van der Waals surface area contributed by atoms with Gasteiger partial charge in [-0.1, -0.05) is 24.3 Å². The van der Waals surface area contributed by atoms with Crippen LogP contribution in [-0.2, 0) is 10.0 Å². The van der Waals surface area contributed by atoms with Gasteiger partial charge in [-0.05, 0) is 56.5 Å². The van der Waals surface area contributed by atoms with Crippen molar-refractivity contribution in [2.24, 2.45) is 0 Å². The minimum Gasteiger partial charge on any atom is -0.336 e. The Bertz CT molecular complexity index is 881. The summed E-state index contributed by atoms with van der Waals surface area (Å²) in [5.41, 5.74) is 0.996. The summed E-state index contributed by atoms with van der Waals surface area (Å²) in [5.74, 6) is -0.100. The van der Waals surface area contributed by atoms with Crippen LogP contribution in [0, 0.1) is 0 Å². The number of anilines is 1. The summed E-state index contributed by atoms with van der Waals surface area (Å²) in [6.07, 6.45) is 3.10. The fraction of sp³-hybridized carbons (Fsp3) is 0.350. The van der Waals surface area contributed by atoms with E-state index >= 15 is 0 Å². The average Bonchev–Trinajstić information content (AvgIpc) is 2.68. The predicted octanol–water partition coefficient (Wildman–Crippen LogP) is 3.53. The normalized spacial score (nSPS) is 17.8. The highest BCUT2D eigenvalue weighted by molar-refractivity contribution is 7.92. The molecule has 0 bridgehead atoms. The fourth-order valence-corrected chi connectivity index (χ4v) is 4.53. The van der Waals surface area contributed by atoms with E-state index in [-0.39, 0.29) is 16.8 Å². The molecule has 138 valence electrons. The summed E-state index contributed by atoms with van der Waals surface area (Å²) in [6.45, 7) is 2.77. The highest BCUT2D eigenvalue weighted by Crippen LogP contribution is 2.24. The largest absolute Gasteiger partial charge is 0.336 e. The third kappa shape index (κ3) is 3.60. The van der Waals surface area contributed by atoms with Crippen LogP contribution in [-0.4, -0.2) is 38.9 Å². The number of amides is 1. The number of para-hydroxylation sites is 1. The Morgan fingerprint density at radius 2 is 1.81 bits per heavy atom. The molecule has 1 amide bonds. The van der Waals surface area contributed by atoms with Crippen LogP contribution in [0.25, 0.3) is 0 Å². The van der Waals surface area contributed by atoms with Crippen molar-refractivity contribution >= 4 is 21.6 Å². The molecule has 0 aliphatic carbocycles. The second kappa shape index (κ2) is 7.50. The second-order valence-corrected chi connectivity index (χ2v) is 8.65. The first-order chi connectivity index (χ1) is 12.4. The number of benzene rings is 2. The molecular formula is C20H24N2O3S. The van der Waals surface area contributed by atoms with Crippen molar-refractivity contribution in [1.29, 1.82) is 0 Å². The van der Waals surface area contributed by atoms with Crippen LogP contribution >= 0.6 is 0 Å². The summed E-state index contributed by atoms with van der Waals surface area (Å²) < 4.78 is 27.1. The molecular weight excluding hydrogens is 348 g/mol. The smallest absolute Gasteiger partial charge is 0.264 e. The molecule has 26 heavy (non-hydrogen) atoms. The molecule has 1 heterocycles. The van der Waals surface area contributed by atoms with E-state index in [2.05, 4.69) is 0 Å². The van der Waals surface area contributed by atoms with Crippen molar-refractivity contribution in [3.05, 3.63) is 60.2 Å². The quantitative estimate of drug-likeness (QED) is 0.825. The van der Waals surface area contributed by atoms with Crippen molar-refractivity contribution < 1.29 is 13.2 Å². The van der Waals surface area contributed by atoms with E-state index in [0.29, 0.717) is 11.3 Å². The van der Waals surface area contributed by atoms with E-state index in [1.165, 1.54) is 23.5 Å². The van der Waals surface area contributed by atoms with E-state index < -0.39 is 10.0 Å². The third-order valence-electron chi connectivity index (χ3n) is 4.92. The molecule has 1 unspecified atom stereocenters. The Kier molecular flexibility index (Phi) is 5.32. The van der Waals surface area contributed by atoms with E-state index in [1.807, 2.05) is 17.9 Å². The minimum absolute atomic E-state index is 0.100. The molecule has 6 heteroatoms. The number of carbonyl (C=O) groups excluding carboxylic acids is 1. The molecule has 0 N–H and O–H groups in total. The Morgan fingerprint density at radius 3 is 2.50 bits per heavy atom. The lowest BCUT2D eigenvalue weighted by molar-refractivity contribution is 0.0635. The van der Waals surface area contributed by atoms with Crippen molar-refractivity contribution in [3.8, 4) is 0 Å². The lowest BCUT2D eigenvalue weighted by Crippen LogP contribution is -2.42. The van der Waals surface area contributed by atoms with E-state index in [4.69, 9.17) is 0 Å². The van der Waals surface area contributed by atoms with Gasteiger partial charge in [0.15, 0.2) is 0 Å². The third-order valence-corrected chi connectivity index (χ3v) is 6.70. The minimum atomic E-state index is -3.73. The van der Waals surface area contributed by atoms with Gasteiger partial charge in [0.2, 0.25) is 0 Å². The Balaban J connectivity index is 1.90. The number of likely N-dealkylation sites (tertiary alicyclic amines) is 1. The fourth-order valence-electron chi connectivity index (χ4n) is 3.29. The van der Waals surface area contributed by atoms with Crippen LogP contribution in [0.2, 0.25) is 0 Å². The molecule has 1 fully saturated rings. The molecule has 1 atom stereocenters. The first-order valence-electron chi connectivity index (χ1n) is 8.86. The summed E-state index contributed by atoms with van der Waals surface area (Å²) in [5, 5.41) is 0. The van der Waals surface area contributed by atoms with Crippen molar-refractivity contribution in [1.82, 2.24) is 4.90 Å². The first kappa shape index (κ1) is 18.5. The topological polar surface area (TPSA) is 57.7 Å². The monoisotopic (exact) mass is 372 g/mol. The molecule has 0 saturated carbocycles. The Hall–Kier alpha value is -2.34. The summed E-state index contributed by atoms with van der Waals surface area (Å²) in [6, 6.07) is 15.4. The van der Waals surface area contributed by atoms with Crippen LogP contribution in [0.15, 0.2) is 59.5 Å². The van der Waals surface area contributed by atoms with Crippen molar-refractivity contribution in [2.45, 2.75) is 37.1 Å². The zero-order chi connectivity index (χ0) is 18.7. The average molecular weight is 372 g/mol. The lowest BCUT2D eigenvalue weighted by Gasteiger charge is -2.33. The molecule has 0 aromatic heterocycles. The van der Waals surface area contributed by atoms with Gasteiger partial charge in [0.25, 0.3) is 15.9 Å². The number of hydrogen-bond donors (Lipinski definition) is 0. The van der Waals surface area contributed by atoms with Gasteiger partial charge >= 0.3 is 0 Å². The Labute approximate surface area is 155 Å². The SMILES string of the molecule is CC1CCCCN1C(=O)c1cccc(S(=O)(=O)N(C)c2ccccc2)c1. The standard InChI is InChI=1S/C20H24N2O3S/c1-16-9-6-7-14-22(16)20(23)17-10-8-13-19(15-17)26(24,25)21(2)18-11-4-3-5-12-18/h3-5,8,10-13,15-16H,6-7,9,14H2,1-2H3. The van der Waals surface area contributed by atoms with Gasteiger partial charge in [-0.15, -0.1) is 0 Å². The lowest BCUT2D eigenvalue weighted by atomic mass is 10.0. The van der Waals surface area contributed by atoms with Gasteiger partial charge in [-0.3, -0.25) is 9.10 Å². The van der Waals surface area contributed by atoms with Gasteiger partial charge in [-0.2, -0.15) is 0 Å². The second-order valence-electron chi connectivity index (χ2n) is 6.68. The molecule has 1 aliphatic rings. The number of hydrogen-bond acceptors (Lipinski definition) is 3. The van der Waals surface area contributed by atoms with E-state index in [9.17, 15) is 13.2 Å². The van der Waals surface area contributed by atoms with Gasteiger partial charge in [0.1, 0.15) is 0 Å². The van der Waals surface area contributed by atoms with Crippen molar-refractivity contribution in [2.75, 3.05) is 17.9 Å². The highest BCUT2D eigenvalue weighted by Gasteiger charge is 2.26. The van der Waals surface area contributed by atoms with Crippen LogP contribution in [0.5, 0.6) is 0 Å². The van der Waals surface area contributed by atoms with E-state index in [1.54, 1.807) is 36.4 Å². The maximum atomic E-state index is 12.9. The summed E-state index contributed by atoms with van der Waals surface area (Å²) >= 11 is 0. The Morgan fingerprint density at radius 1 is 1.08 bits per heavy atom. The van der Waals surface area contributed by atoms with Crippen LogP contribution in [0.3, 0.4) is 0 Å². The zero-order valence-electron chi connectivity index (χ0n) is 15.1. The molecule has 2 aromatic rings. The zero-order valence-corrected chi connectivity index (χ0v) is 15.9.